The highest BCUT2D eigenvalue weighted by atomic mass is 31.2. The van der Waals surface area contributed by atoms with E-state index in [4.69, 9.17) is 37.0 Å². The van der Waals surface area contributed by atoms with Crippen LogP contribution >= 0.6 is 15.6 Å². The van der Waals surface area contributed by atoms with Gasteiger partial charge in [0.1, 0.15) is 19.3 Å². The highest BCUT2D eigenvalue weighted by Gasteiger charge is 2.30. The number of carbonyl (C=O) groups is 4. The van der Waals surface area contributed by atoms with Crippen LogP contribution in [0, 0.1) is 23.7 Å². The van der Waals surface area contributed by atoms with Crippen molar-refractivity contribution in [2.24, 2.45) is 23.7 Å². The normalized spacial score (nSPS) is 14.3. The first-order valence-corrected chi connectivity index (χ1v) is 43.7. The molecule has 0 spiro atoms. The van der Waals surface area contributed by atoms with Gasteiger partial charge in [-0.1, -0.05) is 351 Å². The van der Waals surface area contributed by atoms with Gasteiger partial charge in [0.2, 0.25) is 0 Å². The Morgan fingerprint density at radius 1 is 0.286 bits per heavy atom. The largest absolute Gasteiger partial charge is 0.472 e. The van der Waals surface area contributed by atoms with Crippen LogP contribution in [0.15, 0.2) is 0 Å². The van der Waals surface area contributed by atoms with Gasteiger partial charge in [-0.3, -0.25) is 37.3 Å². The van der Waals surface area contributed by atoms with Crippen molar-refractivity contribution in [1.29, 1.82) is 0 Å². The van der Waals surface area contributed by atoms with Crippen LogP contribution < -0.4 is 0 Å². The molecule has 4 unspecified atom stereocenters. The average Bonchev–Trinajstić information content (AvgIpc) is 0.975. The van der Waals surface area contributed by atoms with Gasteiger partial charge in [-0.05, 0) is 49.4 Å². The number of aliphatic hydroxyl groups excluding tert-OH is 1. The lowest BCUT2D eigenvalue weighted by Crippen LogP contribution is -2.30. The van der Waals surface area contributed by atoms with Crippen LogP contribution in [0.5, 0.6) is 0 Å². The summed E-state index contributed by atoms with van der Waals surface area (Å²) in [5.41, 5.74) is 0. The van der Waals surface area contributed by atoms with Crippen molar-refractivity contribution < 1.29 is 80.2 Å². The van der Waals surface area contributed by atoms with E-state index in [1.807, 2.05) is 0 Å². The van der Waals surface area contributed by atoms with E-state index in [2.05, 4.69) is 55.4 Å². The summed E-state index contributed by atoms with van der Waals surface area (Å²) in [5.74, 6) is 0.969. The summed E-state index contributed by atoms with van der Waals surface area (Å²) in [6, 6.07) is 0. The Balaban J connectivity index is 5.23. The quantitative estimate of drug-likeness (QED) is 0.0222. The first kappa shape index (κ1) is 96.1. The highest BCUT2D eigenvalue weighted by Crippen LogP contribution is 2.45. The van der Waals surface area contributed by atoms with E-state index in [0.29, 0.717) is 31.6 Å². The molecule has 0 saturated heterocycles. The zero-order valence-corrected chi connectivity index (χ0v) is 66.2. The molecule has 0 rings (SSSR count). The van der Waals surface area contributed by atoms with Gasteiger partial charge in [0.15, 0.2) is 12.2 Å². The van der Waals surface area contributed by atoms with E-state index in [0.717, 1.165) is 114 Å². The van der Waals surface area contributed by atoms with Gasteiger partial charge in [-0.15, -0.1) is 0 Å². The molecule has 3 N–H and O–H groups in total. The molecule has 0 aliphatic rings. The molecule has 0 bridgehead atoms. The second-order valence-corrected chi connectivity index (χ2v) is 33.0. The van der Waals surface area contributed by atoms with Crippen molar-refractivity contribution >= 4 is 39.5 Å². The Labute approximate surface area is 600 Å². The molecule has 98 heavy (non-hydrogen) atoms. The van der Waals surface area contributed by atoms with Gasteiger partial charge >= 0.3 is 39.5 Å². The maximum atomic E-state index is 13.1. The molecule has 0 aliphatic carbocycles. The van der Waals surface area contributed by atoms with E-state index < -0.39 is 97.5 Å². The summed E-state index contributed by atoms with van der Waals surface area (Å²) >= 11 is 0. The number of hydrogen-bond acceptors (Lipinski definition) is 15. The number of phosphoric acid groups is 2. The number of hydrogen-bond donors (Lipinski definition) is 3. The smallest absolute Gasteiger partial charge is 0.462 e. The molecular formula is C79H154O17P2. The minimum absolute atomic E-state index is 0.106. The van der Waals surface area contributed by atoms with Crippen molar-refractivity contribution in [2.45, 2.75) is 420 Å². The minimum Gasteiger partial charge on any atom is -0.462 e. The predicted molar refractivity (Wildman–Crippen MR) is 400 cm³/mol. The summed E-state index contributed by atoms with van der Waals surface area (Å²) in [4.78, 5) is 72.9. The number of carbonyl (C=O) groups excluding carboxylic acids is 4. The minimum atomic E-state index is -4.96. The molecule has 0 aromatic rings. The second-order valence-electron chi connectivity index (χ2n) is 30.1. The Kier molecular flexibility index (Phi) is 66.8. The van der Waals surface area contributed by atoms with Gasteiger partial charge in [0.25, 0.3) is 0 Å². The molecule has 0 amide bonds. The zero-order valence-electron chi connectivity index (χ0n) is 64.4. The van der Waals surface area contributed by atoms with Crippen LogP contribution in [0.25, 0.3) is 0 Å². The number of phosphoric ester groups is 2. The lowest BCUT2D eigenvalue weighted by atomic mass is 9.99. The topological polar surface area (TPSA) is 237 Å². The molecule has 0 radical (unpaired) electrons. The van der Waals surface area contributed by atoms with Crippen molar-refractivity contribution in [2.75, 3.05) is 39.6 Å². The van der Waals surface area contributed by atoms with Gasteiger partial charge < -0.3 is 33.8 Å². The Morgan fingerprint density at radius 3 is 0.724 bits per heavy atom. The van der Waals surface area contributed by atoms with Gasteiger partial charge in [0, 0.05) is 25.7 Å². The Hall–Kier alpha value is -1.94. The van der Waals surface area contributed by atoms with Crippen LogP contribution in [0.3, 0.4) is 0 Å². The molecule has 17 nitrogen and oxygen atoms in total. The maximum absolute atomic E-state index is 13.1. The number of esters is 4. The lowest BCUT2D eigenvalue weighted by Gasteiger charge is -2.21. The fourth-order valence-electron chi connectivity index (χ4n) is 12.0. The molecule has 0 saturated carbocycles. The van der Waals surface area contributed by atoms with Crippen molar-refractivity contribution in [3.63, 3.8) is 0 Å². The molecule has 0 aromatic heterocycles. The van der Waals surface area contributed by atoms with Crippen LogP contribution in [0.1, 0.15) is 402 Å². The van der Waals surface area contributed by atoms with Crippen LogP contribution in [0.2, 0.25) is 0 Å². The number of unbranched alkanes of at least 4 members (excludes halogenated alkanes) is 41. The van der Waals surface area contributed by atoms with E-state index in [-0.39, 0.29) is 25.7 Å². The third kappa shape index (κ3) is 71.1. The molecule has 0 aromatic carbocycles. The fraction of sp³-hybridized carbons (Fsp3) is 0.949. The van der Waals surface area contributed by atoms with Crippen molar-refractivity contribution in [3.05, 3.63) is 0 Å². The van der Waals surface area contributed by atoms with Gasteiger partial charge in [-0.2, -0.15) is 0 Å². The van der Waals surface area contributed by atoms with Crippen molar-refractivity contribution in [1.82, 2.24) is 0 Å². The molecule has 19 heteroatoms. The van der Waals surface area contributed by atoms with E-state index in [9.17, 15) is 43.2 Å². The molecule has 6 atom stereocenters. The van der Waals surface area contributed by atoms with Crippen LogP contribution in [-0.4, -0.2) is 96.7 Å². The number of aliphatic hydroxyl groups is 1. The summed E-state index contributed by atoms with van der Waals surface area (Å²) in [6.07, 6.45) is 54.2. The number of rotatable bonds is 76. The average molecular weight is 1440 g/mol. The predicted octanol–water partition coefficient (Wildman–Crippen LogP) is 23.2. The third-order valence-electron chi connectivity index (χ3n) is 18.7. The first-order chi connectivity index (χ1) is 47.1. The summed E-state index contributed by atoms with van der Waals surface area (Å²) in [6.45, 7) is 14.2. The summed E-state index contributed by atoms with van der Waals surface area (Å²) in [7, 11) is -9.92. The fourth-order valence-corrected chi connectivity index (χ4v) is 13.6. The Morgan fingerprint density at radius 2 is 0.490 bits per heavy atom. The first-order valence-electron chi connectivity index (χ1n) is 40.7. The summed E-state index contributed by atoms with van der Waals surface area (Å²) in [5, 5.41) is 10.6. The monoisotopic (exact) mass is 1440 g/mol. The second kappa shape index (κ2) is 68.2. The molecule has 0 heterocycles. The van der Waals surface area contributed by atoms with E-state index in [1.165, 1.54) is 199 Å². The van der Waals surface area contributed by atoms with E-state index >= 15 is 0 Å². The zero-order chi connectivity index (χ0) is 72.4. The molecule has 0 aliphatic heterocycles. The van der Waals surface area contributed by atoms with Crippen LogP contribution in [-0.2, 0) is 65.4 Å². The SMILES string of the molecule is CCC(C)CCCCCCCCCCCCC(=O)OC[C@H](COP(=O)(O)OCC(O)COP(=O)(O)OC[C@@H](COC(=O)CCCCCCCCC(C)C)OC(=O)CCCCCCCCCCCCCCCCCC(C)C)OC(=O)CCCCCCCCCCCCCCCCC(C)C. The highest BCUT2D eigenvalue weighted by molar-refractivity contribution is 7.47. The lowest BCUT2D eigenvalue weighted by molar-refractivity contribution is -0.161. The number of ether oxygens (including phenoxy) is 4. The van der Waals surface area contributed by atoms with Gasteiger partial charge in [-0.25, -0.2) is 9.13 Å². The third-order valence-corrected chi connectivity index (χ3v) is 20.6. The summed E-state index contributed by atoms with van der Waals surface area (Å²) < 4.78 is 68.6. The van der Waals surface area contributed by atoms with Gasteiger partial charge in [0.05, 0.1) is 26.4 Å². The van der Waals surface area contributed by atoms with Crippen LogP contribution in [0.4, 0.5) is 0 Å². The van der Waals surface area contributed by atoms with Crippen molar-refractivity contribution in [3.8, 4) is 0 Å². The molecule has 582 valence electrons. The standard InChI is InChI=1S/C79H154O17P2/c1-9-72(8)58-50-42-33-27-23-24-28-34-43-51-59-76(81)89-65-74(95-78(83)61-54-46-36-30-22-18-14-13-16-20-26-32-40-48-56-70(4)5)67-93-97(85,86)91-63-73(80)64-92-98(87,88)94-68-75(66-90-77(82)60-52-44-38-37-41-49-57-71(6)7)96-79(84)62-53-45-35-29-21-17-12-10-11-15-19-25-31-39-47-55-69(2)3/h69-75,80H,9-68H2,1-8H3,(H,85,86)(H,87,88)/t72?,73?,74-,75-/m1/s1. The maximum Gasteiger partial charge on any atom is 0.472 e. The molecular weight excluding hydrogens is 1280 g/mol. The van der Waals surface area contributed by atoms with E-state index in [1.54, 1.807) is 0 Å². The Bertz CT molecular complexity index is 1920. The molecule has 0 fully saturated rings.